The van der Waals surface area contributed by atoms with Gasteiger partial charge in [0.2, 0.25) is 5.91 Å². The summed E-state index contributed by atoms with van der Waals surface area (Å²) in [5.74, 6) is 1.13. The summed E-state index contributed by atoms with van der Waals surface area (Å²) in [6, 6.07) is 15.1. The molecule has 0 radical (unpaired) electrons. The molecule has 0 saturated carbocycles. The highest BCUT2D eigenvalue weighted by Gasteiger charge is 2.39. The first-order valence-electron chi connectivity index (χ1n) is 10.9. The second kappa shape index (κ2) is 10.8. The Morgan fingerprint density at radius 2 is 1.87 bits per heavy atom. The van der Waals surface area contributed by atoms with E-state index in [1.54, 1.807) is 18.9 Å². The van der Waals surface area contributed by atoms with Crippen LogP contribution in [0.2, 0.25) is 0 Å². The monoisotopic (exact) mass is 460 g/mol. The van der Waals surface area contributed by atoms with Crippen LogP contribution in [0.15, 0.2) is 47.4 Å². The van der Waals surface area contributed by atoms with Crippen LogP contribution in [0.1, 0.15) is 42.0 Å². The van der Waals surface area contributed by atoms with Crippen LogP contribution in [0.25, 0.3) is 0 Å². The number of hydrogen-bond donors (Lipinski definition) is 0. The number of hydrogen-bond acceptors (Lipinski definition) is 4. The van der Waals surface area contributed by atoms with Gasteiger partial charge in [-0.3, -0.25) is 9.69 Å². The molecule has 0 aromatic heterocycles. The number of nitrogens with zero attached hydrogens (tertiary/aromatic N) is 2. The lowest BCUT2D eigenvalue weighted by molar-refractivity contribution is -0.133. The van der Waals surface area contributed by atoms with Crippen molar-refractivity contribution in [2.75, 3.05) is 33.5 Å². The summed E-state index contributed by atoms with van der Waals surface area (Å²) < 4.78 is 5.66. The number of thioether (sulfide) groups is 1. The number of rotatable bonds is 6. The van der Waals surface area contributed by atoms with Gasteiger partial charge in [-0.1, -0.05) is 24.3 Å². The Hall–Kier alpha value is -1.69. The van der Waals surface area contributed by atoms with Crippen molar-refractivity contribution in [2.45, 2.75) is 49.1 Å². The van der Waals surface area contributed by atoms with Crippen molar-refractivity contribution in [3.05, 3.63) is 59.2 Å². The van der Waals surface area contributed by atoms with E-state index in [4.69, 9.17) is 4.74 Å². The molecule has 1 heterocycles. The second-order valence-corrected chi connectivity index (χ2v) is 9.23. The number of carbonyl (C=O) groups excluding carboxylic acids is 1. The quantitative estimate of drug-likeness (QED) is 0.568. The Bertz CT molecular complexity index is 884. The van der Waals surface area contributed by atoms with Gasteiger partial charge in [0.05, 0.1) is 19.6 Å². The van der Waals surface area contributed by atoms with Gasteiger partial charge in [-0.05, 0) is 79.9 Å². The van der Waals surface area contributed by atoms with Gasteiger partial charge in [-0.15, -0.1) is 24.2 Å². The number of likely N-dealkylation sites (N-methyl/N-ethyl adjacent to an activating group) is 1. The van der Waals surface area contributed by atoms with E-state index in [-0.39, 0.29) is 24.4 Å². The largest absolute Gasteiger partial charge is 0.496 e. The summed E-state index contributed by atoms with van der Waals surface area (Å²) in [6.45, 7) is 2.28. The van der Waals surface area contributed by atoms with Gasteiger partial charge in [-0.2, -0.15) is 0 Å². The molecule has 0 N–H and O–H groups in total. The number of amides is 1. The number of halogens is 1. The van der Waals surface area contributed by atoms with E-state index >= 15 is 0 Å². The Kier molecular flexibility index (Phi) is 8.31. The zero-order valence-electron chi connectivity index (χ0n) is 18.7. The first kappa shape index (κ1) is 24.0. The Morgan fingerprint density at radius 1 is 1.16 bits per heavy atom. The average Bonchev–Trinajstić information content (AvgIpc) is 3.32. The third-order valence-electron chi connectivity index (χ3n) is 6.70. The van der Waals surface area contributed by atoms with Crippen molar-refractivity contribution >= 4 is 30.1 Å². The van der Waals surface area contributed by atoms with Crippen molar-refractivity contribution in [1.29, 1.82) is 0 Å². The SMILES string of the molecule is COc1cccc2c1CC[C@H](N1CCCC1)[C@H]2N(C)C(=O)Cc1ccc(SC)cc1.Cl. The minimum atomic E-state index is 0. The van der Waals surface area contributed by atoms with Gasteiger partial charge in [0, 0.05) is 18.0 Å². The van der Waals surface area contributed by atoms with Gasteiger partial charge in [0.25, 0.3) is 0 Å². The molecular weight excluding hydrogens is 428 g/mol. The zero-order valence-corrected chi connectivity index (χ0v) is 20.3. The molecule has 1 saturated heterocycles. The molecule has 1 aliphatic carbocycles. The average molecular weight is 461 g/mol. The molecule has 168 valence electrons. The van der Waals surface area contributed by atoms with E-state index in [9.17, 15) is 4.79 Å². The van der Waals surface area contributed by atoms with Crippen molar-refractivity contribution in [1.82, 2.24) is 9.80 Å². The Labute approximate surface area is 196 Å². The normalized spacial score (nSPS) is 20.6. The molecule has 1 aliphatic heterocycles. The maximum Gasteiger partial charge on any atom is 0.227 e. The first-order chi connectivity index (χ1) is 14.6. The Morgan fingerprint density at radius 3 is 2.52 bits per heavy atom. The number of fused-ring (bicyclic) bond motifs is 1. The predicted octanol–water partition coefficient (Wildman–Crippen LogP) is 4.99. The predicted molar refractivity (Wildman–Crippen MR) is 131 cm³/mol. The molecule has 2 aromatic rings. The van der Waals surface area contributed by atoms with Gasteiger partial charge in [-0.25, -0.2) is 0 Å². The van der Waals surface area contributed by atoms with E-state index < -0.39 is 0 Å². The minimum absolute atomic E-state index is 0. The standard InChI is InChI=1S/C25H32N2O2S.ClH/c1-26(24(28)17-18-9-11-19(30-3)12-10-18)25-21-7-6-8-23(29-2)20(21)13-14-22(25)27-15-4-5-16-27;/h6-12,22,25H,4-5,13-17H2,1-3H3;1H/t22-,25-;/m0./s1. The molecule has 0 bridgehead atoms. The van der Waals surface area contributed by atoms with Crippen LogP contribution in [-0.4, -0.2) is 55.3 Å². The number of likely N-dealkylation sites (tertiary alicyclic amines) is 1. The molecule has 1 amide bonds. The fourth-order valence-electron chi connectivity index (χ4n) is 5.10. The molecule has 2 aromatic carbocycles. The molecule has 6 heteroatoms. The van der Waals surface area contributed by atoms with Crippen molar-refractivity contribution in [3.8, 4) is 5.75 Å². The second-order valence-electron chi connectivity index (χ2n) is 8.35. The summed E-state index contributed by atoms with van der Waals surface area (Å²) >= 11 is 1.72. The third kappa shape index (κ3) is 5.05. The molecule has 1 fully saturated rings. The molecule has 0 spiro atoms. The van der Waals surface area contributed by atoms with Crippen molar-refractivity contribution in [3.63, 3.8) is 0 Å². The summed E-state index contributed by atoms with van der Waals surface area (Å²) in [5, 5.41) is 0. The molecule has 2 atom stereocenters. The maximum atomic E-state index is 13.4. The molecule has 2 aliphatic rings. The van der Waals surface area contributed by atoms with Gasteiger partial charge < -0.3 is 9.64 Å². The van der Waals surface area contributed by atoms with Gasteiger partial charge in [0.15, 0.2) is 0 Å². The highest BCUT2D eigenvalue weighted by molar-refractivity contribution is 7.98. The fourth-order valence-corrected chi connectivity index (χ4v) is 5.50. The van der Waals surface area contributed by atoms with Crippen LogP contribution in [0.4, 0.5) is 0 Å². The molecule has 0 unspecified atom stereocenters. The van der Waals surface area contributed by atoms with Gasteiger partial charge >= 0.3 is 0 Å². The lowest BCUT2D eigenvalue weighted by atomic mass is 9.81. The highest BCUT2D eigenvalue weighted by atomic mass is 35.5. The van der Waals surface area contributed by atoms with E-state index in [2.05, 4.69) is 47.6 Å². The van der Waals surface area contributed by atoms with E-state index in [1.807, 2.05) is 18.0 Å². The highest BCUT2D eigenvalue weighted by Crippen LogP contribution is 2.41. The number of methoxy groups -OCH3 is 1. The molecule has 31 heavy (non-hydrogen) atoms. The number of benzene rings is 2. The van der Waals surface area contributed by atoms with E-state index in [1.165, 1.54) is 28.9 Å². The van der Waals surface area contributed by atoms with Crippen LogP contribution >= 0.6 is 24.2 Å². The van der Waals surface area contributed by atoms with Crippen LogP contribution in [-0.2, 0) is 17.6 Å². The fraction of sp³-hybridized carbons (Fsp3) is 0.480. The third-order valence-corrected chi connectivity index (χ3v) is 7.44. The lowest BCUT2D eigenvalue weighted by Gasteiger charge is -2.44. The van der Waals surface area contributed by atoms with Crippen molar-refractivity contribution in [2.24, 2.45) is 0 Å². The maximum absolute atomic E-state index is 13.4. The molecular formula is C25H33ClN2O2S. The topological polar surface area (TPSA) is 32.8 Å². The summed E-state index contributed by atoms with van der Waals surface area (Å²) in [4.78, 5) is 19.2. The summed E-state index contributed by atoms with van der Waals surface area (Å²) in [5.41, 5.74) is 3.60. The Balaban J connectivity index is 0.00000272. The van der Waals surface area contributed by atoms with Crippen LogP contribution in [0.3, 0.4) is 0 Å². The van der Waals surface area contributed by atoms with E-state index in [0.29, 0.717) is 12.5 Å². The van der Waals surface area contributed by atoms with Crippen LogP contribution in [0.5, 0.6) is 5.75 Å². The first-order valence-corrected chi connectivity index (χ1v) is 12.1. The smallest absolute Gasteiger partial charge is 0.227 e. The van der Waals surface area contributed by atoms with Gasteiger partial charge in [0.1, 0.15) is 5.75 Å². The molecule has 4 rings (SSSR count). The molecule has 4 nitrogen and oxygen atoms in total. The van der Waals surface area contributed by atoms with Crippen LogP contribution < -0.4 is 4.74 Å². The lowest BCUT2D eigenvalue weighted by Crippen LogP contribution is -2.48. The minimum Gasteiger partial charge on any atom is -0.496 e. The van der Waals surface area contributed by atoms with E-state index in [0.717, 1.165) is 37.2 Å². The van der Waals surface area contributed by atoms with Crippen molar-refractivity contribution < 1.29 is 9.53 Å². The number of ether oxygens (including phenoxy) is 1. The van der Waals surface area contributed by atoms with Crippen LogP contribution in [0, 0.1) is 0 Å². The summed E-state index contributed by atoms with van der Waals surface area (Å²) in [6.07, 6.45) is 7.10. The zero-order chi connectivity index (χ0) is 21.1. The number of carbonyl (C=O) groups is 1. The summed E-state index contributed by atoms with van der Waals surface area (Å²) in [7, 11) is 3.73.